The number of fused-ring (bicyclic) bond motifs is 1. The van der Waals surface area contributed by atoms with E-state index < -0.39 is 0 Å². The largest absolute Gasteiger partial charge is 0.325 e. The summed E-state index contributed by atoms with van der Waals surface area (Å²) in [6.07, 6.45) is 7.48. The summed E-state index contributed by atoms with van der Waals surface area (Å²) < 4.78 is 2.82. The highest BCUT2D eigenvalue weighted by atomic mass is 79.9. The SMILES string of the molecule is Cc1c(Br)nc2ccc(NC(=O)CCC3CCC3)cn12. The molecule has 1 amide bonds. The van der Waals surface area contributed by atoms with Crippen molar-refractivity contribution in [1.29, 1.82) is 0 Å². The Balaban J connectivity index is 1.67. The Bertz CT molecular complexity index is 646. The minimum atomic E-state index is 0.105. The first-order chi connectivity index (χ1) is 9.63. The predicted octanol–water partition coefficient (Wildman–Crippen LogP) is 3.92. The van der Waals surface area contributed by atoms with Gasteiger partial charge in [0.1, 0.15) is 10.3 Å². The molecule has 2 aromatic heterocycles. The van der Waals surface area contributed by atoms with Crippen LogP contribution in [0.2, 0.25) is 0 Å². The number of hydrogen-bond acceptors (Lipinski definition) is 2. The molecule has 3 rings (SSSR count). The second-order valence-corrected chi connectivity index (χ2v) is 6.27. The minimum Gasteiger partial charge on any atom is -0.325 e. The highest BCUT2D eigenvalue weighted by Crippen LogP contribution is 2.30. The molecule has 1 fully saturated rings. The lowest BCUT2D eigenvalue weighted by Crippen LogP contribution is -2.17. The quantitative estimate of drug-likeness (QED) is 0.920. The maximum atomic E-state index is 11.9. The Kier molecular flexibility index (Phi) is 3.78. The van der Waals surface area contributed by atoms with Crippen molar-refractivity contribution in [3.05, 3.63) is 28.6 Å². The van der Waals surface area contributed by atoms with Gasteiger partial charge in [-0.25, -0.2) is 4.98 Å². The van der Waals surface area contributed by atoms with E-state index in [1.54, 1.807) is 0 Å². The fraction of sp³-hybridized carbons (Fsp3) is 0.467. The Morgan fingerprint density at radius 1 is 1.50 bits per heavy atom. The second kappa shape index (κ2) is 5.56. The average Bonchev–Trinajstić information content (AvgIpc) is 2.64. The van der Waals surface area contributed by atoms with E-state index >= 15 is 0 Å². The highest BCUT2D eigenvalue weighted by molar-refractivity contribution is 9.10. The molecule has 1 N–H and O–H groups in total. The topological polar surface area (TPSA) is 46.4 Å². The molecule has 2 aromatic rings. The van der Waals surface area contributed by atoms with Crippen LogP contribution in [0.1, 0.15) is 37.8 Å². The van der Waals surface area contributed by atoms with Gasteiger partial charge in [0.25, 0.3) is 0 Å². The fourth-order valence-corrected chi connectivity index (χ4v) is 2.92. The molecule has 0 atom stereocenters. The van der Waals surface area contributed by atoms with Crippen molar-refractivity contribution >= 4 is 33.2 Å². The lowest BCUT2D eigenvalue weighted by molar-refractivity contribution is -0.116. The van der Waals surface area contributed by atoms with E-state index in [1.165, 1.54) is 19.3 Å². The molecule has 0 aliphatic heterocycles. The lowest BCUT2D eigenvalue weighted by Gasteiger charge is -2.24. The molecule has 5 heteroatoms. The van der Waals surface area contributed by atoms with Crippen molar-refractivity contribution in [1.82, 2.24) is 9.38 Å². The van der Waals surface area contributed by atoms with Crippen molar-refractivity contribution in [3.63, 3.8) is 0 Å². The number of amides is 1. The minimum absolute atomic E-state index is 0.105. The van der Waals surface area contributed by atoms with Crippen LogP contribution in [0.3, 0.4) is 0 Å². The molecule has 1 aliphatic rings. The Hall–Kier alpha value is -1.36. The maximum Gasteiger partial charge on any atom is 0.224 e. The number of halogens is 1. The zero-order valence-electron chi connectivity index (χ0n) is 11.5. The van der Waals surface area contributed by atoms with Crippen LogP contribution in [0.5, 0.6) is 0 Å². The number of anilines is 1. The number of nitrogens with one attached hydrogen (secondary N) is 1. The van der Waals surface area contributed by atoms with E-state index in [4.69, 9.17) is 0 Å². The van der Waals surface area contributed by atoms with Crippen molar-refractivity contribution in [3.8, 4) is 0 Å². The van der Waals surface area contributed by atoms with E-state index in [1.807, 2.05) is 29.7 Å². The summed E-state index contributed by atoms with van der Waals surface area (Å²) in [6, 6.07) is 3.81. The third-order valence-electron chi connectivity index (χ3n) is 4.09. The summed E-state index contributed by atoms with van der Waals surface area (Å²) in [4.78, 5) is 16.3. The first kappa shape index (κ1) is 13.6. The van der Waals surface area contributed by atoms with Gasteiger partial charge in [0.2, 0.25) is 5.91 Å². The third kappa shape index (κ3) is 2.73. The number of carbonyl (C=O) groups is 1. The molecule has 1 saturated carbocycles. The molecule has 0 aromatic carbocycles. The average molecular weight is 336 g/mol. The number of pyridine rings is 1. The van der Waals surface area contributed by atoms with E-state index in [9.17, 15) is 4.79 Å². The summed E-state index contributed by atoms with van der Waals surface area (Å²) in [6.45, 7) is 1.99. The molecule has 106 valence electrons. The summed E-state index contributed by atoms with van der Waals surface area (Å²) in [5.41, 5.74) is 2.73. The second-order valence-electron chi connectivity index (χ2n) is 5.52. The first-order valence-electron chi connectivity index (χ1n) is 7.07. The van der Waals surface area contributed by atoms with Gasteiger partial charge in [-0.3, -0.25) is 4.79 Å². The van der Waals surface area contributed by atoms with Crippen LogP contribution in [0, 0.1) is 12.8 Å². The summed E-state index contributed by atoms with van der Waals surface area (Å²) in [5, 5.41) is 2.97. The zero-order valence-corrected chi connectivity index (χ0v) is 13.1. The number of imidazole rings is 1. The zero-order chi connectivity index (χ0) is 14.1. The molecule has 0 saturated heterocycles. The number of aryl methyl sites for hydroxylation is 1. The molecule has 1 aliphatic carbocycles. The number of hydrogen-bond donors (Lipinski definition) is 1. The molecular weight excluding hydrogens is 318 g/mol. The molecular formula is C15H18BrN3O. The highest BCUT2D eigenvalue weighted by Gasteiger charge is 2.18. The van der Waals surface area contributed by atoms with Crippen molar-refractivity contribution in [2.75, 3.05) is 5.32 Å². The third-order valence-corrected chi connectivity index (χ3v) is 4.84. The first-order valence-corrected chi connectivity index (χ1v) is 7.87. The molecule has 20 heavy (non-hydrogen) atoms. The number of carbonyl (C=O) groups excluding carboxylic acids is 1. The van der Waals surface area contributed by atoms with Crippen LogP contribution >= 0.6 is 15.9 Å². The van der Waals surface area contributed by atoms with Gasteiger partial charge in [-0.15, -0.1) is 0 Å². The molecule has 4 nitrogen and oxygen atoms in total. The van der Waals surface area contributed by atoms with Gasteiger partial charge in [-0.2, -0.15) is 0 Å². The Morgan fingerprint density at radius 3 is 3.00 bits per heavy atom. The summed E-state index contributed by atoms with van der Waals surface area (Å²) in [5.74, 6) is 0.878. The van der Waals surface area contributed by atoms with Gasteiger partial charge >= 0.3 is 0 Å². The summed E-state index contributed by atoms with van der Waals surface area (Å²) in [7, 11) is 0. The number of aromatic nitrogens is 2. The van der Waals surface area contributed by atoms with Gasteiger partial charge < -0.3 is 9.72 Å². The molecule has 0 bridgehead atoms. The van der Waals surface area contributed by atoms with Gasteiger partial charge in [0, 0.05) is 12.6 Å². The van der Waals surface area contributed by atoms with Crippen LogP contribution in [0.15, 0.2) is 22.9 Å². The van der Waals surface area contributed by atoms with E-state index in [-0.39, 0.29) is 5.91 Å². The van der Waals surface area contributed by atoms with Gasteiger partial charge in [0.05, 0.1) is 11.4 Å². The number of nitrogens with zero attached hydrogens (tertiary/aromatic N) is 2. The maximum absolute atomic E-state index is 11.9. The van der Waals surface area contributed by atoms with Crippen molar-refractivity contribution in [2.45, 2.75) is 39.0 Å². The Labute approximate surface area is 126 Å². The molecule has 0 radical (unpaired) electrons. The fourth-order valence-electron chi connectivity index (χ4n) is 2.55. The molecule has 0 unspecified atom stereocenters. The lowest BCUT2D eigenvalue weighted by atomic mass is 9.82. The number of rotatable bonds is 4. The van der Waals surface area contributed by atoms with Gasteiger partial charge in [-0.05, 0) is 47.3 Å². The van der Waals surface area contributed by atoms with Crippen LogP contribution in [-0.2, 0) is 4.79 Å². The van der Waals surface area contributed by atoms with Gasteiger partial charge in [-0.1, -0.05) is 19.3 Å². The van der Waals surface area contributed by atoms with Crippen LogP contribution in [0.25, 0.3) is 5.65 Å². The standard InChI is InChI=1S/C15H18BrN3O/c1-10-15(16)18-13-7-6-12(9-19(10)13)17-14(20)8-5-11-3-2-4-11/h6-7,9,11H,2-5,8H2,1H3,(H,17,20). The Morgan fingerprint density at radius 2 is 2.30 bits per heavy atom. The molecule has 0 spiro atoms. The van der Waals surface area contributed by atoms with Crippen LogP contribution < -0.4 is 5.32 Å². The van der Waals surface area contributed by atoms with E-state index in [0.29, 0.717) is 6.42 Å². The predicted molar refractivity (Wildman–Crippen MR) is 82.8 cm³/mol. The van der Waals surface area contributed by atoms with Crippen molar-refractivity contribution < 1.29 is 4.79 Å². The van der Waals surface area contributed by atoms with Crippen LogP contribution in [-0.4, -0.2) is 15.3 Å². The smallest absolute Gasteiger partial charge is 0.224 e. The monoisotopic (exact) mass is 335 g/mol. The normalized spacial score (nSPS) is 15.3. The van der Waals surface area contributed by atoms with E-state index in [2.05, 4.69) is 26.2 Å². The van der Waals surface area contributed by atoms with Crippen LogP contribution in [0.4, 0.5) is 5.69 Å². The van der Waals surface area contributed by atoms with E-state index in [0.717, 1.165) is 34.0 Å². The summed E-state index contributed by atoms with van der Waals surface area (Å²) >= 11 is 3.42. The van der Waals surface area contributed by atoms with Crippen molar-refractivity contribution in [2.24, 2.45) is 5.92 Å². The molecule has 2 heterocycles. The van der Waals surface area contributed by atoms with Gasteiger partial charge in [0.15, 0.2) is 0 Å².